The van der Waals surface area contributed by atoms with Gasteiger partial charge in [0, 0.05) is 37.9 Å². The number of nitrogens with zero attached hydrogens (tertiary/aromatic N) is 4. The normalized spacial score (nSPS) is 10.7. The molecule has 0 N–H and O–H groups in total. The second-order valence-corrected chi connectivity index (χ2v) is 3.72. The van der Waals surface area contributed by atoms with Crippen molar-refractivity contribution in [1.82, 2.24) is 19.3 Å². The van der Waals surface area contributed by atoms with Gasteiger partial charge >= 0.3 is 0 Å². The van der Waals surface area contributed by atoms with E-state index in [2.05, 4.69) is 14.6 Å². The zero-order chi connectivity index (χ0) is 10.5. The van der Waals surface area contributed by atoms with Crippen molar-refractivity contribution >= 4 is 0 Å². The minimum atomic E-state index is 1.00. The van der Waals surface area contributed by atoms with Gasteiger partial charge in [0.2, 0.25) is 0 Å². The standard InChI is InChI=1S/C11H16N4/c1-14-10-12-9-11(14)5-2-3-7-15-8-4-6-13-15/h4,6,8-10H,2-3,5,7H2,1H3. The van der Waals surface area contributed by atoms with Gasteiger partial charge in [-0.2, -0.15) is 5.10 Å². The molecule has 80 valence electrons. The van der Waals surface area contributed by atoms with Gasteiger partial charge in [-0.1, -0.05) is 0 Å². The summed E-state index contributed by atoms with van der Waals surface area (Å²) >= 11 is 0. The summed E-state index contributed by atoms with van der Waals surface area (Å²) in [5, 5.41) is 4.17. The van der Waals surface area contributed by atoms with Gasteiger partial charge in [-0.25, -0.2) is 4.98 Å². The molecular weight excluding hydrogens is 188 g/mol. The molecule has 0 aliphatic carbocycles. The molecule has 0 saturated heterocycles. The van der Waals surface area contributed by atoms with Crippen molar-refractivity contribution in [3.63, 3.8) is 0 Å². The quantitative estimate of drug-likeness (QED) is 0.694. The van der Waals surface area contributed by atoms with Crippen LogP contribution in [0, 0.1) is 0 Å². The molecular formula is C11H16N4. The van der Waals surface area contributed by atoms with Crippen molar-refractivity contribution in [1.29, 1.82) is 0 Å². The lowest BCUT2D eigenvalue weighted by Crippen LogP contribution is -2.00. The molecule has 0 aromatic carbocycles. The van der Waals surface area contributed by atoms with Crippen LogP contribution in [0.2, 0.25) is 0 Å². The Morgan fingerprint density at radius 3 is 2.93 bits per heavy atom. The number of aryl methyl sites for hydroxylation is 3. The molecule has 0 fully saturated rings. The van der Waals surface area contributed by atoms with Crippen molar-refractivity contribution in [3.8, 4) is 0 Å². The van der Waals surface area contributed by atoms with Crippen molar-refractivity contribution < 1.29 is 0 Å². The Hall–Kier alpha value is -1.58. The van der Waals surface area contributed by atoms with E-state index in [1.54, 1.807) is 0 Å². The maximum atomic E-state index is 4.17. The second kappa shape index (κ2) is 4.77. The largest absolute Gasteiger partial charge is 0.338 e. The van der Waals surface area contributed by atoms with Gasteiger partial charge < -0.3 is 4.57 Å². The molecule has 4 heteroatoms. The predicted octanol–water partition coefficient (Wildman–Crippen LogP) is 1.64. The van der Waals surface area contributed by atoms with Crippen molar-refractivity contribution in [2.24, 2.45) is 7.05 Å². The molecule has 2 rings (SSSR count). The fourth-order valence-corrected chi connectivity index (χ4v) is 1.64. The van der Waals surface area contributed by atoms with Gasteiger partial charge in [0.15, 0.2) is 0 Å². The highest BCUT2D eigenvalue weighted by atomic mass is 15.3. The first-order valence-corrected chi connectivity index (χ1v) is 5.29. The molecule has 2 aromatic rings. The van der Waals surface area contributed by atoms with E-state index in [0.29, 0.717) is 0 Å². The Bertz CT molecular complexity index is 388. The van der Waals surface area contributed by atoms with Gasteiger partial charge in [0.1, 0.15) is 0 Å². The number of hydrogen-bond donors (Lipinski definition) is 0. The van der Waals surface area contributed by atoms with E-state index in [1.165, 1.54) is 12.1 Å². The first kappa shape index (κ1) is 9.96. The Morgan fingerprint density at radius 2 is 2.27 bits per heavy atom. The van der Waals surface area contributed by atoms with Crippen molar-refractivity contribution in [2.75, 3.05) is 0 Å². The van der Waals surface area contributed by atoms with Gasteiger partial charge in [0.25, 0.3) is 0 Å². The van der Waals surface area contributed by atoms with Crippen LogP contribution >= 0.6 is 0 Å². The van der Waals surface area contributed by atoms with E-state index in [1.807, 2.05) is 42.7 Å². The molecule has 0 amide bonds. The highest BCUT2D eigenvalue weighted by molar-refractivity contribution is 4.97. The third-order valence-corrected chi connectivity index (χ3v) is 2.55. The van der Waals surface area contributed by atoms with E-state index in [-0.39, 0.29) is 0 Å². The minimum absolute atomic E-state index is 1.00. The zero-order valence-electron chi connectivity index (χ0n) is 9.00. The molecule has 15 heavy (non-hydrogen) atoms. The molecule has 2 aromatic heterocycles. The first-order valence-electron chi connectivity index (χ1n) is 5.29. The summed E-state index contributed by atoms with van der Waals surface area (Å²) in [5.41, 5.74) is 1.30. The third-order valence-electron chi connectivity index (χ3n) is 2.55. The van der Waals surface area contributed by atoms with Crippen LogP contribution in [0.3, 0.4) is 0 Å². The monoisotopic (exact) mass is 204 g/mol. The third kappa shape index (κ3) is 2.68. The average Bonchev–Trinajstić information content (AvgIpc) is 2.85. The van der Waals surface area contributed by atoms with Crippen molar-refractivity contribution in [2.45, 2.75) is 25.8 Å². The lowest BCUT2D eigenvalue weighted by Gasteiger charge is -2.02. The molecule has 0 aliphatic rings. The summed E-state index contributed by atoms with van der Waals surface area (Å²) in [4.78, 5) is 4.10. The number of unbranched alkanes of at least 4 members (excludes halogenated alkanes) is 1. The van der Waals surface area contributed by atoms with Crippen LogP contribution in [0.25, 0.3) is 0 Å². The highest BCUT2D eigenvalue weighted by Crippen LogP contribution is 2.04. The highest BCUT2D eigenvalue weighted by Gasteiger charge is 1.98. The van der Waals surface area contributed by atoms with E-state index < -0.39 is 0 Å². The van der Waals surface area contributed by atoms with E-state index in [9.17, 15) is 0 Å². The smallest absolute Gasteiger partial charge is 0.0945 e. The van der Waals surface area contributed by atoms with Crippen LogP contribution in [0.4, 0.5) is 0 Å². The van der Waals surface area contributed by atoms with Gasteiger partial charge in [-0.15, -0.1) is 0 Å². The van der Waals surface area contributed by atoms with Crippen LogP contribution in [0.15, 0.2) is 31.0 Å². The topological polar surface area (TPSA) is 35.6 Å². The van der Waals surface area contributed by atoms with Gasteiger partial charge in [-0.3, -0.25) is 4.68 Å². The fraction of sp³-hybridized carbons (Fsp3) is 0.455. The molecule has 0 aliphatic heterocycles. The fourth-order valence-electron chi connectivity index (χ4n) is 1.64. The van der Waals surface area contributed by atoms with E-state index >= 15 is 0 Å². The number of imidazole rings is 1. The molecule has 0 spiro atoms. The van der Waals surface area contributed by atoms with Crippen LogP contribution in [-0.4, -0.2) is 19.3 Å². The summed E-state index contributed by atoms with van der Waals surface area (Å²) in [6.07, 6.45) is 11.0. The zero-order valence-corrected chi connectivity index (χ0v) is 9.00. The lowest BCUT2D eigenvalue weighted by molar-refractivity contribution is 0.552. The second-order valence-electron chi connectivity index (χ2n) is 3.72. The Balaban J connectivity index is 1.70. The Labute approximate surface area is 89.6 Å². The van der Waals surface area contributed by atoms with Crippen molar-refractivity contribution in [3.05, 3.63) is 36.7 Å². The van der Waals surface area contributed by atoms with Gasteiger partial charge in [-0.05, 0) is 25.3 Å². The summed E-state index contributed by atoms with van der Waals surface area (Å²) in [7, 11) is 2.04. The predicted molar refractivity (Wildman–Crippen MR) is 58.4 cm³/mol. The van der Waals surface area contributed by atoms with Crippen LogP contribution < -0.4 is 0 Å². The molecule has 0 bridgehead atoms. The minimum Gasteiger partial charge on any atom is -0.338 e. The molecule has 0 radical (unpaired) electrons. The summed E-state index contributed by atoms with van der Waals surface area (Å²) < 4.78 is 4.05. The van der Waals surface area contributed by atoms with E-state index in [4.69, 9.17) is 0 Å². The summed E-state index contributed by atoms with van der Waals surface area (Å²) in [6, 6.07) is 1.96. The number of hydrogen-bond acceptors (Lipinski definition) is 2. The average molecular weight is 204 g/mol. The number of rotatable bonds is 5. The summed E-state index contributed by atoms with van der Waals surface area (Å²) in [6.45, 7) is 1.00. The molecule has 0 atom stereocenters. The molecule has 4 nitrogen and oxygen atoms in total. The molecule has 0 saturated carbocycles. The number of aromatic nitrogens is 4. The molecule has 0 unspecified atom stereocenters. The summed E-state index contributed by atoms with van der Waals surface area (Å²) in [5.74, 6) is 0. The maximum Gasteiger partial charge on any atom is 0.0945 e. The van der Waals surface area contributed by atoms with Crippen LogP contribution in [0.5, 0.6) is 0 Å². The Morgan fingerprint density at radius 1 is 1.33 bits per heavy atom. The first-order chi connectivity index (χ1) is 7.36. The van der Waals surface area contributed by atoms with Crippen LogP contribution in [-0.2, 0) is 20.0 Å². The SMILES string of the molecule is Cn1cncc1CCCCn1cccn1. The van der Waals surface area contributed by atoms with Crippen LogP contribution in [0.1, 0.15) is 18.5 Å². The molecule has 2 heterocycles. The maximum absolute atomic E-state index is 4.17. The lowest BCUT2D eigenvalue weighted by atomic mass is 10.2. The van der Waals surface area contributed by atoms with Gasteiger partial charge in [0.05, 0.1) is 6.33 Å². The van der Waals surface area contributed by atoms with E-state index in [0.717, 1.165) is 19.4 Å². The Kier molecular flexibility index (Phi) is 3.17.